The van der Waals surface area contributed by atoms with Crippen molar-refractivity contribution in [3.63, 3.8) is 0 Å². The lowest BCUT2D eigenvalue weighted by Crippen LogP contribution is -2.12. The van der Waals surface area contributed by atoms with Crippen LogP contribution in [0, 0.1) is 10.1 Å². The minimum Gasteiger partial charge on any atom is -0.463 e. The number of benzene rings is 1. The number of rotatable bonds is 6. The lowest BCUT2D eigenvalue weighted by molar-refractivity contribution is -0.384. The summed E-state index contributed by atoms with van der Waals surface area (Å²) in [4.78, 5) is 15.5. The van der Waals surface area contributed by atoms with E-state index in [0.29, 0.717) is 22.7 Å². The fraction of sp³-hybridized carbons (Fsp3) is 0.0588. The molecule has 0 amide bonds. The second kappa shape index (κ2) is 7.54. The summed E-state index contributed by atoms with van der Waals surface area (Å²) in [5.41, 5.74) is 1.38. The van der Waals surface area contributed by atoms with Crippen LogP contribution in [0.2, 0.25) is 0 Å². The number of furan rings is 1. The van der Waals surface area contributed by atoms with Crippen LogP contribution in [0.15, 0.2) is 75.2 Å². The molecule has 0 atom stereocenters. The molecule has 7 nitrogen and oxygen atoms in total. The maximum atomic E-state index is 10.9. The van der Waals surface area contributed by atoms with Gasteiger partial charge < -0.3 is 4.42 Å². The van der Waals surface area contributed by atoms with E-state index in [1.54, 1.807) is 41.4 Å². The van der Waals surface area contributed by atoms with E-state index in [2.05, 4.69) is 16.7 Å². The summed E-state index contributed by atoms with van der Waals surface area (Å²) in [7, 11) is 0. The van der Waals surface area contributed by atoms with Crippen LogP contribution < -0.4 is 4.80 Å². The number of nitro groups is 1. The van der Waals surface area contributed by atoms with E-state index in [9.17, 15) is 10.1 Å². The first kappa shape index (κ1) is 16.6. The minimum atomic E-state index is -0.436. The predicted octanol–water partition coefficient (Wildman–Crippen LogP) is 3.69. The summed E-state index contributed by atoms with van der Waals surface area (Å²) in [5.74, 6) is 0.660. The zero-order valence-electron chi connectivity index (χ0n) is 13.1. The Morgan fingerprint density at radius 2 is 2.24 bits per heavy atom. The Bertz CT molecular complexity index is 983. The molecule has 3 aromatic rings. The van der Waals surface area contributed by atoms with Crippen LogP contribution in [0.3, 0.4) is 0 Å². The molecule has 0 fully saturated rings. The van der Waals surface area contributed by atoms with Gasteiger partial charge in [0.15, 0.2) is 5.76 Å². The maximum Gasteiger partial charge on any atom is 0.270 e. The number of non-ortho nitro benzene ring substituents is 1. The van der Waals surface area contributed by atoms with Crippen molar-refractivity contribution in [1.82, 2.24) is 4.68 Å². The first-order chi connectivity index (χ1) is 12.2. The van der Waals surface area contributed by atoms with Gasteiger partial charge in [0.25, 0.3) is 5.69 Å². The molecule has 3 rings (SSSR count). The van der Waals surface area contributed by atoms with Crippen LogP contribution in [-0.2, 0) is 0 Å². The number of aromatic nitrogens is 1. The third-order valence-electron chi connectivity index (χ3n) is 3.22. The average Bonchev–Trinajstić information content (AvgIpc) is 3.27. The lowest BCUT2D eigenvalue weighted by atomic mass is 10.2. The van der Waals surface area contributed by atoms with Crippen molar-refractivity contribution in [2.24, 2.45) is 10.1 Å². The number of hydrogen-bond acceptors (Lipinski definition) is 6. The highest BCUT2D eigenvalue weighted by Crippen LogP contribution is 2.20. The van der Waals surface area contributed by atoms with Gasteiger partial charge in [-0.3, -0.25) is 15.1 Å². The summed E-state index contributed by atoms with van der Waals surface area (Å²) in [5, 5.41) is 17.2. The third kappa shape index (κ3) is 3.81. The molecule has 0 saturated heterocycles. The Kier molecular flexibility index (Phi) is 5.00. The molecule has 1 aromatic carbocycles. The lowest BCUT2D eigenvalue weighted by Gasteiger charge is -2.00. The molecule has 0 unspecified atom stereocenters. The van der Waals surface area contributed by atoms with Crippen molar-refractivity contribution in [3.8, 4) is 11.5 Å². The molecule has 0 aliphatic heterocycles. The van der Waals surface area contributed by atoms with Crippen LogP contribution in [0.4, 0.5) is 5.69 Å². The minimum absolute atomic E-state index is 0.0158. The van der Waals surface area contributed by atoms with Gasteiger partial charge in [0.05, 0.1) is 23.9 Å². The van der Waals surface area contributed by atoms with Crippen LogP contribution in [0.25, 0.3) is 11.5 Å². The average molecular weight is 354 g/mol. The molecule has 0 aliphatic carbocycles. The zero-order valence-corrected chi connectivity index (χ0v) is 13.9. The summed E-state index contributed by atoms with van der Waals surface area (Å²) in [6.45, 7) is 4.13. The van der Waals surface area contributed by atoms with Gasteiger partial charge in [-0.25, -0.2) is 4.68 Å². The van der Waals surface area contributed by atoms with Gasteiger partial charge in [-0.2, -0.15) is 5.10 Å². The van der Waals surface area contributed by atoms with Gasteiger partial charge in [0, 0.05) is 23.1 Å². The van der Waals surface area contributed by atoms with Gasteiger partial charge in [-0.1, -0.05) is 18.2 Å². The molecular formula is C17H14N4O3S. The van der Waals surface area contributed by atoms with Crippen molar-refractivity contribution in [1.29, 1.82) is 0 Å². The van der Waals surface area contributed by atoms with Gasteiger partial charge >= 0.3 is 0 Å². The molecule has 0 bridgehead atoms. The molecule has 126 valence electrons. The highest BCUT2D eigenvalue weighted by atomic mass is 32.1. The van der Waals surface area contributed by atoms with Crippen LogP contribution in [0.1, 0.15) is 5.56 Å². The molecule has 0 spiro atoms. The second-order valence-electron chi connectivity index (χ2n) is 4.92. The number of nitrogens with zero attached hydrogens (tertiary/aromatic N) is 4. The number of nitro benzene ring substituents is 1. The fourth-order valence-corrected chi connectivity index (χ4v) is 2.93. The van der Waals surface area contributed by atoms with Crippen molar-refractivity contribution in [2.75, 3.05) is 6.54 Å². The van der Waals surface area contributed by atoms with Crippen LogP contribution in [0.5, 0.6) is 0 Å². The van der Waals surface area contributed by atoms with E-state index in [1.165, 1.54) is 23.5 Å². The summed E-state index contributed by atoms with van der Waals surface area (Å²) in [6, 6.07) is 9.89. The van der Waals surface area contributed by atoms with E-state index >= 15 is 0 Å². The molecule has 8 heteroatoms. The molecule has 25 heavy (non-hydrogen) atoms. The van der Waals surface area contributed by atoms with E-state index in [-0.39, 0.29) is 5.69 Å². The Morgan fingerprint density at radius 3 is 2.96 bits per heavy atom. The Morgan fingerprint density at radius 1 is 1.36 bits per heavy atom. The smallest absolute Gasteiger partial charge is 0.270 e. The third-order valence-corrected chi connectivity index (χ3v) is 4.07. The normalized spacial score (nSPS) is 11.9. The topological polar surface area (TPSA) is 85.9 Å². The molecule has 2 heterocycles. The molecule has 0 aliphatic rings. The highest BCUT2D eigenvalue weighted by Gasteiger charge is 2.10. The van der Waals surface area contributed by atoms with Gasteiger partial charge in [-0.15, -0.1) is 17.9 Å². The van der Waals surface area contributed by atoms with Crippen molar-refractivity contribution in [3.05, 3.63) is 81.2 Å². The van der Waals surface area contributed by atoms with Crippen molar-refractivity contribution in [2.45, 2.75) is 0 Å². The summed E-state index contributed by atoms with van der Waals surface area (Å²) in [6.07, 6.45) is 4.84. The Labute approximate surface area is 147 Å². The Hall–Kier alpha value is -3.26. The highest BCUT2D eigenvalue weighted by molar-refractivity contribution is 7.07. The molecule has 0 saturated carbocycles. The standard InChI is InChI=1S/C17H14N4O3S/c1-2-8-18-17-20(15(12-25-17)16-7-4-9-24-16)19-11-13-5-3-6-14(10-13)21(22)23/h2-7,9-12H,1,8H2. The SMILES string of the molecule is C=CCN=c1scc(-c2ccco2)n1N=Cc1cccc([N+](=O)[O-])c1. The largest absolute Gasteiger partial charge is 0.463 e. The van der Waals surface area contributed by atoms with Crippen molar-refractivity contribution < 1.29 is 9.34 Å². The first-order valence-corrected chi connectivity index (χ1v) is 8.21. The summed E-state index contributed by atoms with van der Waals surface area (Å²) >= 11 is 1.42. The van der Waals surface area contributed by atoms with Gasteiger partial charge in [-0.05, 0) is 12.1 Å². The van der Waals surface area contributed by atoms with Crippen LogP contribution >= 0.6 is 11.3 Å². The fourth-order valence-electron chi connectivity index (χ4n) is 2.10. The van der Waals surface area contributed by atoms with E-state index < -0.39 is 4.92 Å². The first-order valence-electron chi connectivity index (χ1n) is 7.33. The van der Waals surface area contributed by atoms with Crippen LogP contribution in [-0.4, -0.2) is 22.4 Å². The predicted molar refractivity (Wildman–Crippen MR) is 96.7 cm³/mol. The summed E-state index contributed by atoms with van der Waals surface area (Å²) < 4.78 is 7.09. The second-order valence-corrected chi connectivity index (χ2v) is 5.76. The zero-order chi connectivity index (χ0) is 17.6. The molecular weight excluding hydrogens is 340 g/mol. The molecule has 2 aromatic heterocycles. The van der Waals surface area contributed by atoms with Gasteiger partial charge in [0.2, 0.25) is 4.80 Å². The molecule has 0 N–H and O–H groups in total. The van der Waals surface area contributed by atoms with E-state index in [4.69, 9.17) is 4.42 Å². The number of hydrogen-bond donors (Lipinski definition) is 0. The number of thiazole rings is 1. The monoisotopic (exact) mass is 354 g/mol. The van der Waals surface area contributed by atoms with E-state index in [1.807, 2.05) is 11.4 Å². The maximum absolute atomic E-state index is 10.9. The van der Waals surface area contributed by atoms with E-state index in [0.717, 1.165) is 5.69 Å². The quantitative estimate of drug-likeness (QED) is 0.293. The Balaban J connectivity index is 2.03. The van der Waals surface area contributed by atoms with Gasteiger partial charge in [0.1, 0.15) is 5.69 Å². The molecule has 0 radical (unpaired) electrons. The van der Waals surface area contributed by atoms with Crippen molar-refractivity contribution >= 4 is 23.2 Å².